The van der Waals surface area contributed by atoms with Crippen molar-refractivity contribution in [3.05, 3.63) is 35.9 Å². The van der Waals surface area contributed by atoms with E-state index in [-0.39, 0.29) is 25.2 Å². The molecule has 8 nitrogen and oxygen atoms in total. The quantitative estimate of drug-likeness (QED) is 0.792. The molecule has 3 heterocycles. The fourth-order valence-electron chi connectivity index (χ4n) is 3.53. The fraction of sp³-hybridized carbons (Fsp3) is 0.579. The summed E-state index contributed by atoms with van der Waals surface area (Å²) in [5.41, 5.74) is 3.48. The Balaban J connectivity index is 1.64. The lowest BCUT2D eigenvalue weighted by molar-refractivity contribution is -0.236. The molecule has 4 rings (SSSR count). The largest absolute Gasteiger partial charge is 0.344 e. The lowest BCUT2D eigenvalue weighted by Gasteiger charge is -2.38. The molecule has 146 valence electrons. The van der Waals surface area contributed by atoms with E-state index in [9.17, 15) is 4.79 Å². The first kappa shape index (κ1) is 18.5. The van der Waals surface area contributed by atoms with E-state index < -0.39 is 23.5 Å². The topological polar surface area (TPSA) is 87.6 Å². The van der Waals surface area contributed by atoms with Gasteiger partial charge in [0.1, 0.15) is 24.5 Å². The van der Waals surface area contributed by atoms with E-state index in [4.69, 9.17) is 23.7 Å². The molecular weight excluding hydrogens is 352 g/mol. The number of hydrogen-bond donors (Lipinski definition) is 1. The van der Waals surface area contributed by atoms with Gasteiger partial charge >= 0.3 is 0 Å². The molecule has 3 saturated heterocycles. The number of ether oxygens (including phenoxy) is 5. The SMILES string of the molecule is CC1(C)O[C@@H]2CO[C@]3(COC(C)(C)O3)/C(=N/NC(=O)c3ccccc3)[C@@H]2O1. The second-order valence-electron chi connectivity index (χ2n) is 7.75. The van der Waals surface area contributed by atoms with Crippen molar-refractivity contribution in [3.8, 4) is 0 Å². The normalized spacial score (nSPS) is 35.3. The molecule has 1 aromatic carbocycles. The maximum atomic E-state index is 12.4. The van der Waals surface area contributed by atoms with Crippen molar-refractivity contribution in [2.45, 2.75) is 57.3 Å². The molecule has 3 aliphatic heterocycles. The maximum absolute atomic E-state index is 12.4. The zero-order chi connectivity index (χ0) is 19.3. The van der Waals surface area contributed by atoms with Crippen molar-refractivity contribution in [3.63, 3.8) is 0 Å². The highest BCUT2D eigenvalue weighted by Gasteiger charge is 2.61. The Morgan fingerprint density at radius 3 is 2.48 bits per heavy atom. The number of hydrazone groups is 1. The smallest absolute Gasteiger partial charge is 0.271 e. The lowest BCUT2D eigenvalue weighted by atomic mass is 9.98. The summed E-state index contributed by atoms with van der Waals surface area (Å²) in [6.07, 6.45) is -0.854. The number of carbonyl (C=O) groups is 1. The number of nitrogens with zero attached hydrogens (tertiary/aromatic N) is 1. The molecule has 0 bridgehead atoms. The van der Waals surface area contributed by atoms with Crippen LogP contribution in [0.2, 0.25) is 0 Å². The Kier molecular flexibility index (Phi) is 4.36. The second-order valence-corrected chi connectivity index (χ2v) is 7.75. The number of benzene rings is 1. The molecule has 1 spiro atoms. The molecule has 0 aromatic heterocycles. The molecule has 1 N–H and O–H groups in total. The standard InChI is InChI=1S/C19H24N2O6/c1-17(2)24-11-19(27-17)15(14-13(10-23-19)25-18(3,4)26-14)20-21-16(22)12-8-6-5-7-9-12/h5-9,13-14H,10-11H2,1-4H3,(H,21,22)/b20-15+/t13-,14-,19+/m1/s1. The summed E-state index contributed by atoms with van der Waals surface area (Å²) in [6.45, 7) is 7.68. The average Bonchev–Trinajstić information content (AvgIpc) is 3.10. The predicted molar refractivity (Wildman–Crippen MR) is 95.0 cm³/mol. The van der Waals surface area contributed by atoms with E-state index in [1.165, 1.54) is 0 Å². The lowest BCUT2D eigenvalue weighted by Crippen LogP contribution is -2.59. The molecule has 3 fully saturated rings. The van der Waals surface area contributed by atoms with Crippen LogP contribution in [0.5, 0.6) is 0 Å². The van der Waals surface area contributed by atoms with Crippen molar-refractivity contribution in [2.75, 3.05) is 13.2 Å². The van der Waals surface area contributed by atoms with Crippen LogP contribution in [0.15, 0.2) is 35.4 Å². The van der Waals surface area contributed by atoms with Crippen LogP contribution in [-0.2, 0) is 23.7 Å². The third-order valence-electron chi connectivity index (χ3n) is 4.66. The molecule has 0 radical (unpaired) electrons. The number of fused-ring (bicyclic) bond motifs is 1. The van der Waals surface area contributed by atoms with Gasteiger partial charge < -0.3 is 23.7 Å². The Labute approximate surface area is 157 Å². The third kappa shape index (κ3) is 3.51. The number of hydrogen-bond acceptors (Lipinski definition) is 7. The first-order chi connectivity index (χ1) is 12.7. The van der Waals surface area contributed by atoms with Crippen molar-refractivity contribution < 1.29 is 28.5 Å². The fourth-order valence-corrected chi connectivity index (χ4v) is 3.53. The minimum absolute atomic E-state index is 0.146. The monoisotopic (exact) mass is 376 g/mol. The van der Waals surface area contributed by atoms with Crippen LogP contribution in [-0.4, -0.2) is 54.4 Å². The van der Waals surface area contributed by atoms with Crippen molar-refractivity contribution >= 4 is 11.6 Å². The number of amides is 1. The number of nitrogens with one attached hydrogen (secondary N) is 1. The molecule has 0 saturated carbocycles. The number of rotatable bonds is 2. The molecule has 0 aliphatic carbocycles. The van der Waals surface area contributed by atoms with Crippen LogP contribution >= 0.6 is 0 Å². The molecule has 1 aromatic rings. The molecular formula is C19H24N2O6. The zero-order valence-corrected chi connectivity index (χ0v) is 15.9. The molecule has 0 unspecified atom stereocenters. The van der Waals surface area contributed by atoms with Crippen molar-refractivity contribution in [1.29, 1.82) is 0 Å². The summed E-state index contributed by atoms with van der Waals surface area (Å²) in [4.78, 5) is 12.4. The molecule has 1 amide bonds. The summed E-state index contributed by atoms with van der Waals surface area (Å²) in [5, 5.41) is 4.35. The summed E-state index contributed by atoms with van der Waals surface area (Å²) >= 11 is 0. The van der Waals surface area contributed by atoms with Crippen LogP contribution in [0.25, 0.3) is 0 Å². The summed E-state index contributed by atoms with van der Waals surface area (Å²) in [5.74, 6) is -3.19. The van der Waals surface area contributed by atoms with E-state index >= 15 is 0 Å². The van der Waals surface area contributed by atoms with Crippen LogP contribution in [0, 0.1) is 0 Å². The zero-order valence-electron chi connectivity index (χ0n) is 15.9. The van der Waals surface area contributed by atoms with Gasteiger partial charge in [-0.05, 0) is 39.8 Å². The second kappa shape index (κ2) is 6.35. The minimum atomic E-state index is -1.22. The van der Waals surface area contributed by atoms with Gasteiger partial charge in [0, 0.05) is 5.56 Å². The van der Waals surface area contributed by atoms with Gasteiger partial charge in [-0.1, -0.05) is 18.2 Å². The van der Waals surface area contributed by atoms with Crippen LogP contribution in [0.4, 0.5) is 0 Å². The first-order valence-electron chi connectivity index (χ1n) is 8.97. The highest BCUT2D eigenvalue weighted by Crippen LogP contribution is 2.42. The number of carbonyl (C=O) groups excluding carboxylic acids is 1. The van der Waals surface area contributed by atoms with E-state index in [0.717, 1.165) is 0 Å². The maximum Gasteiger partial charge on any atom is 0.271 e. The third-order valence-corrected chi connectivity index (χ3v) is 4.66. The summed E-state index contributed by atoms with van der Waals surface area (Å²) in [7, 11) is 0. The minimum Gasteiger partial charge on any atom is -0.344 e. The van der Waals surface area contributed by atoms with Crippen LogP contribution < -0.4 is 5.43 Å². The van der Waals surface area contributed by atoms with E-state index in [1.807, 2.05) is 19.9 Å². The summed E-state index contributed by atoms with van der Waals surface area (Å²) in [6, 6.07) is 8.84. The van der Waals surface area contributed by atoms with Gasteiger partial charge in [0.15, 0.2) is 11.6 Å². The molecule has 8 heteroatoms. The van der Waals surface area contributed by atoms with E-state index in [1.54, 1.807) is 38.1 Å². The highest BCUT2D eigenvalue weighted by atomic mass is 16.8. The molecule has 3 atom stereocenters. The Morgan fingerprint density at radius 1 is 1.07 bits per heavy atom. The average molecular weight is 376 g/mol. The van der Waals surface area contributed by atoms with Gasteiger partial charge in [-0.25, -0.2) is 5.43 Å². The Bertz CT molecular complexity index is 761. The van der Waals surface area contributed by atoms with E-state index in [0.29, 0.717) is 11.3 Å². The van der Waals surface area contributed by atoms with Gasteiger partial charge in [0.2, 0.25) is 5.79 Å². The Hall–Kier alpha value is -1.84. The first-order valence-corrected chi connectivity index (χ1v) is 8.97. The van der Waals surface area contributed by atoms with Crippen LogP contribution in [0.3, 0.4) is 0 Å². The summed E-state index contributed by atoms with van der Waals surface area (Å²) < 4.78 is 29.7. The Morgan fingerprint density at radius 2 is 1.81 bits per heavy atom. The van der Waals surface area contributed by atoms with Gasteiger partial charge in [-0.15, -0.1) is 0 Å². The van der Waals surface area contributed by atoms with Crippen LogP contribution in [0.1, 0.15) is 38.1 Å². The van der Waals surface area contributed by atoms with Gasteiger partial charge in [-0.2, -0.15) is 5.10 Å². The molecule has 27 heavy (non-hydrogen) atoms. The highest BCUT2D eigenvalue weighted by molar-refractivity contribution is 5.99. The van der Waals surface area contributed by atoms with E-state index in [2.05, 4.69) is 10.5 Å². The van der Waals surface area contributed by atoms with Gasteiger partial charge in [0.05, 0.1) is 6.61 Å². The molecule has 3 aliphatic rings. The van der Waals surface area contributed by atoms with Gasteiger partial charge in [-0.3, -0.25) is 4.79 Å². The predicted octanol–water partition coefficient (Wildman–Crippen LogP) is 1.80. The van der Waals surface area contributed by atoms with Crippen molar-refractivity contribution in [1.82, 2.24) is 5.43 Å². The van der Waals surface area contributed by atoms with Gasteiger partial charge in [0.25, 0.3) is 5.91 Å². The van der Waals surface area contributed by atoms with Crippen molar-refractivity contribution in [2.24, 2.45) is 5.10 Å².